The highest BCUT2D eigenvalue weighted by atomic mass is 35.5. The van der Waals surface area contributed by atoms with Crippen LogP contribution in [0, 0.1) is 18.3 Å². The number of hydrogen-bond acceptors (Lipinski definition) is 4. The summed E-state index contributed by atoms with van der Waals surface area (Å²) in [5.41, 5.74) is 0.600. The van der Waals surface area contributed by atoms with E-state index in [1.165, 1.54) is 17.4 Å². The molecular weight excluding hydrogens is 326 g/mol. The van der Waals surface area contributed by atoms with E-state index >= 15 is 0 Å². The maximum absolute atomic E-state index is 12.3. The summed E-state index contributed by atoms with van der Waals surface area (Å²) in [6.07, 6.45) is 1.42. The molecule has 1 aromatic carbocycles. The molecule has 0 aliphatic rings. The van der Waals surface area contributed by atoms with Crippen LogP contribution in [0.4, 0.5) is 0 Å². The Hall–Kier alpha value is -1.61. The SMILES string of the molecule is Cc1ccc(/C=C(\C#N)S(=O)(=O)Cc2ccc(Cl)cc2)s1. The molecule has 0 saturated carbocycles. The van der Waals surface area contributed by atoms with Crippen LogP contribution in [-0.2, 0) is 15.6 Å². The van der Waals surface area contributed by atoms with E-state index in [0.717, 1.165) is 9.75 Å². The van der Waals surface area contributed by atoms with Crippen LogP contribution in [0.2, 0.25) is 5.02 Å². The Morgan fingerprint density at radius 2 is 1.95 bits per heavy atom. The minimum atomic E-state index is -3.66. The van der Waals surface area contributed by atoms with Gasteiger partial charge in [0.2, 0.25) is 0 Å². The van der Waals surface area contributed by atoms with Crippen LogP contribution in [0.5, 0.6) is 0 Å². The predicted molar refractivity (Wildman–Crippen MR) is 86.7 cm³/mol. The molecule has 0 aliphatic heterocycles. The van der Waals surface area contributed by atoms with Crippen molar-refractivity contribution in [1.29, 1.82) is 5.26 Å². The number of rotatable bonds is 4. The lowest BCUT2D eigenvalue weighted by Crippen LogP contribution is -2.06. The largest absolute Gasteiger partial charge is 0.223 e. The molecule has 0 N–H and O–H groups in total. The van der Waals surface area contributed by atoms with E-state index in [1.807, 2.05) is 13.0 Å². The van der Waals surface area contributed by atoms with Gasteiger partial charge in [0.25, 0.3) is 0 Å². The van der Waals surface area contributed by atoms with Crippen molar-refractivity contribution in [3.63, 3.8) is 0 Å². The molecule has 0 saturated heterocycles. The van der Waals surface area contributed by atoms with Gasteiger partial charge in [-0.15, -0.1) is 11.3 Å². The molecule has 0 spiro atoms. The second-order valence-corrected chi connectivity index (χ2v) is 8.17. The van der Waals surface area contributed by atoms with Crippen molar-refractivity contribution in [3.8, 4) is 6.07 Å². The Labute approximate surface area is 133 Å². The third-order valence-electron chi connectivity index (χ3n) is 2.75. The second-order valence-electron chi connectivity index (χ2n) is 4.45. The van der Waals surface area contributed by atoms with Gasteiger partial charge in [-0.05, 0) is 42.8 Å². The lowest BCUT2D eigenvalue weighted by atomic mass is 10.2. The molecule has 2 aromatic rings. The lowest BCUT2D eigenvalue weighted by Gasteiger charge is -2.03. The molecule has 3 nitrogen and oxygen atoms in total. The molecule has 0 aliphatic carbocycles. The van der Waals surface area contributed by atoms with Crippen LogP contribution < -0.4 is 0 Å². The summed E-state index contributed by atoms with van der Waals surface area (Å²) >= 11 is 7.22. The smallest absolute Gasteiger partial charge is 0.192 e. The van der Waals surface area contributed by atoms with Gasteiger partial charge in [-0.2, -0.15) is 5.26 Å². The highest BCUT2D eigenvalue weighted by molar-refractivity contribution is 7.95. The molecule has 1 heterocycles. The van der Waals surface area contributed by atoms with Crippen molar-refractivity contribution in [2.45, 2.75) is 12.7 Å². The number of nitriles is 1. The van der Waals surface area contributed by atoms with Crippen molar-refractivity contribution >= 4 is 38.9 Å². The first-order chi connectivity index (χ1) is 9.90. The quantitative estimate of drug-likeness (QED) is 0.786. The summed E-state index contributed by atoms with van der Waals surface area (Å²) in [6.45, 7) is 1.93. The predicted octanol–water partition coefficient (Wildman–Crippen LogP) is 4.19. The topological polar surface area (TPSA) is 57.9 Å². The van der Waals surface area contributed by atoms with E-state index in [4.69, 9.17) is 16.9 Å². The number of allylic oxidation sites excluding steroid dienone is 1. The first kappa shape index (κ1) is 15.8. The number of benzene rings is 1. The van der Waals surface area contributed by atoms with Gasteiger partial charge in [0.15, 0.2) is 9.84 Å². The number of hydrogen-bond donors (Lipinski definition) is 0. The fourth-order valence-corrected chi connectivity index (χ4v) is 3.98. The molecule has 21 heavy (non-hydrogen) atoms. The second kappa shape index (κ2) is 6.44. The van der Waals surface area contributed by atoms with Crippen molar-refractivity contribution in [2.24, 2.45) is 0 Å². The van der Waals surface area contributed by atoms with Crippen molar-refractivity contribution in [1.82, 2.24) is 0 Å². The van der Waals surface area contributed by atoms with E-state index in [0.29, 0.717) is 10.6 Å². The van der Waals surface area contributed by atoms with E-state index < -0.39 is 9.84 Å². The average Bonchev–Trinajstić information content (AvgIpc) is 2.84. The maximum atomic E-state index is 12.3. The fraction of sp³-hybridized carbons (Fsp3) is 0.133. The van der Waals surface area contributed by atoms with Gasteiger partial charge < -0.3 is 0 Å². The number of aryl methyl sites for hydroxylation is 1. The zero-order valence-electron chi connectivity index (χ0n) is 11.2. The Morgan fingerprint density at radius 1 is 1.29 bits per heavy atom. The van der Waals surface area contributed by atoms with Gasteiger partial charge in [0.1, 0.15) is 11.0 Å². The maximum Gasteiger partial charge on any atom is 0.192 e. The summed E-state index contributed by atoms with van der Waals surface area (Å²) in [7, 11) is -3.66. The number of nitrogens with zero attached hydrogens (tertiary/aromatic N) is 1. The minimum absolute atomic E-state index is 0.214. The zero-order valence-corrected chi connectivity index (χ0v) is 13.6. The zero-order chi connectivity index (χ0) is 15.5. The molecule has 0 bridgehead atoms. The molecule has 0 radical (unpaired) electrons. The summed E-state index contributed by atoms with van der Waals surface area (Å²) in [4.78, 5) is 1.59. The molecule has 0 fully saturated rings. The van der Waals surface area contributed by atoms with Gasteiger partial charge in [-0.3, -0.25) is 0 Å². The average molecular weight is 338 g/mol. The molecule has 6 heteroatoms. The third kappa shape index (κ3) is 4.18. The van der Waals surface area contributed by atoms with Gasteiger partial charge in [0.05, 0.1) is 5.75 Å². The molecule has 0 unspecified atom stereocenters. The highest BCUT2D eigenvalue weighted by Gasteiger charge is 2.19. The Morgan fingerprint density at radius 3 is 2.48 bits per heavy atom. The van der Waals surface area contributed by atoms with Crippen LogP contribution in [0.3, 0.4) is 0 Å². The lowest BCUT2D eigenvalue weighted by molar-refractivity contribution is 0.602. The van der Waals surface area contributed by atoms with Gasteiger partial charge in [-0.25, -0.2) is 8.42 Å². The Kier molecular flexibility index (Phi) is 4.84. The molecular formula is C15H12ClNO2S2. The van der Waals surface area contributed by atoms with Crippen LogP contribution in [0.15, 0.2) is 41.3 Å². The van der Waals surface area contributed by atoms with Crippen molar-refractivity contribution in [3.05, 3.63) is 61.6 Å². The highest BCUT2D eigenvalue weighted by Crippen LogP contribution is 2.22. The standard InChI is InChI=1S/C15H12ClNO2S2/c1-11-2-7-14(20-11)8-15(9-17)21(18,19)10-12-3-5-13(16)6-4-12/h2-8H,10H2,1H3/b15-8+. The van der Waals surface area contributed by atoms with Crippen molar-refractivity contribution in [2.75, 3.05) is 0 Å². The molecule has 108 valence electrons. The molecule has 0 amide bonds. The summed E-state index contributed by atoms with van der Waals surface area (Å²) in [5, 5.41) is 9.68. The van der Waals surface area contributed by atoms with E-state index in [-0.39, 0.29) is 10.7 Å². The number of thiophene rings is 1. The van der Waals surface area contributed by atoms with Gasteiger partial charge in [0, 0.05) is 14.8 Å². The van der Waals surface area contributed by atoms with E-state index in [9.17, 15) is 8.42 Å². The summed E-state index contributed by atoms with van der Waals surface area (Å²) in [5.74, 6) is -0.214. The molecule has 0 atom stereocenters. The summed E-state index contributed by atoms with van der Waals surface area (Å²) < 4.78 is 24.6. The van der Waals surface area contributed by atoms with Crippen LogP contribution in [-0.4, -0.2) is 8.42 Å². The molecule has 2 rings (SSSR count). The normalized spacial score (nSPS) is 12.1. The number of halogens is 1. The Balaban J connectivity index is 2.30. The monoisotopic (exact) mass is 337 g/mol. The third-order valence-corrected chi connectivity index (χ3v) is 5.54. The van der Waals surface area contributed by atoms with Crippen molar-refractivity contribution < 1.29 is 8.42 Å². The minimum Gasteiger partial charge on any atom is -0.223 e. The summed E-state index contributed by atoms with van der Waals surface area (Å²) in [6, 6.07) is 12.0. The van der Waals surface area contributed by atoms with Crippen LogP contribution >= 0.6 is 22.9 Å². The van der Waals surface area contributed by atoms with E-state index in [2.05, 4.69) is 0 Å². The van der Waals surface area contributed by atoms with Gasteiger partial charge in [-0.1, -0.05) is 23.7 Å². The molecule has 1 aromatic heterocycles. The van der Waals surface area contributed by atoms with E-state index in [1.54, 1.807) is 36.4 Å². The first-order valence-corrected chi connectivity index (χ1v) is 8.91. The number of sulfone groups is 1. The first-order valence-electron chi connectivity index (χ1n) is 6.06. The van der Waals surface area contributed by atoms with Crippen LogP contribution in [0.1, 0.15) is 15.3 Å². The van der Waals surface area contributed by atoms with Gasteiger partial charge >= 0.3 is 0 Å². The Bertz CT molecular complexity index is 812. The fourth-order valence-electron chi connectivity index (χ4n) is 1.73. The van der Waals surface area contributed by atoms with Crippen LogP contribution in [0.25, 0.3) is 6.08 Å².